The lowest BCUT2D eigenvalue weighted by molar-refractivity contribution is -0.147. The van der Waals surface area contributed by atoms with Crippen LogP contribution in [0.5, 0.6) is 0 Å². The number of carbonyl (C=O) groups is 1. The summed E-state index contributed by atoms with van der Waals surface area (Å²) in [5.41, 5.74) is 5.14. The number of hydrogen-bond donors (Lipinski definition) is 1. The molecule has 0 spiro atoms. The standard InChI is InChI=1S/C9H17NO3/c1-12-6-7-3-4-9(10,5-7)8(11)13-2/h7H,3-6,10H2,1-2H3. The summed E-state index contributed by atoms with van der Waals surface area (Å²) in [6, 6.07) is 0. The second-order valence-electron chi connectivity index (χ2n) is 3.71. The zero-order valence-corrected chi connectivity index (χ0v) is 8.21. The third kappa shape index (κ3) is 2.19. The zero-order chi connectivity index (χ0) is 9.90. The van der Waals surface area contributed by atoms with Crippen molar-refractivity contribution in [1.29, 1.82) is 0 Å². The normalized spacial score (nSPS) is 33.3. The van der Waals surface area contributed by atoms with Gasteiger partial charge in [0.15, 0.2) is 0 Å². The van der Waals surface area contributed by atoms with Gasteiger partial charge in [0, 0.05) is 13.7 Å². The molecule has 4 nitrogen and oxygen atoms in total. The Labute approximate surface area is 78.4 Å². The van der Waals surface area contributed by atoms with Gasteiger partial charge < -0.3 is 15.2 Å². The van der Waals surface area contributed by atoms with Crippen molar-refractivity contribution in [2.45, 2.75) is 24.8 Å². The molecule has 0 saturated heterocycles. The average Bonchev–Trinajstić information content (AvgIpc) is 2.48. The highest BCUT2D eigenvalue weighted by molar-refractivity contribution is 5.80. The van der Waals surface area contributed by atoms with Crippen molar-refractivity contribution in [2.75, 3.05) is 20.8 Å². The molecule has 1 saturated carbocycles. The van der Waals surface area contributed by atoms with E-state index in [1.807, 2.05) is 0 Å². The summed E-state index contributed by atoms with van der Waals surface area (Å²) in [6.07, 6.45) is 2.32. The molecule has 0 heterocycles. The molecule has 2 unspecified atom stereocenters. The number of rotatable bonds is 3. The molecule has 0 aromatic rings. The number of esters is 1. The van der Waals surface area contributed by atoms with Crippen LogP contribution in [0.2, 0.25) is 0 Å². The smallest absolute Gasteiger partial charge is 0.325 e. The van der Waals surface area contributed by atoms with Gasteiger partial charge in [-0.3, -0.25) is 4.79 Å². The second-order valence-corrected chi connectivity index (χ2v) is 3.71. The van der Waals surface area contributed by atoms with Crippen LogP contribution in [-0.2, 0) is 14.3 Å². The van der Waals surface area contributed by atoms with Gasteiger partial charge in [-0.2, -0.15) is 0 Å². The molecule has 0 aliphatic heterocycles. The van der Waals surface area contributed by atoms with Crippen LogP contribution in [0.1, 0.15) is 19.3 Å². The third-order valence-electron chi connectivity index (χ3n) is 2.65. The minimum atomic E-state index is -0.766. The van der Waals surface area contributed by atoms with Crippen molar-refractivity contribution in [3.8, 4) is 0 Å². The summed E-state index contributed by atoms with van der Waals surface area (Å²) < 4.78 is 9.68. The lowest BCUT2D eigenvalue weighted by Gasteiger charge is -2.20. The minimum Gasteiger partial charge on any atom is -0.468 e. The highest BCUT2D eigenvalue weighted by Gasteiger charge is 2.42. The molecule has 1 aliphatic rings. The minimum absolute atomic E-state index is 0.300. The van der Waals surface area contributed by atoms with Crippen molar-refractivity contribution in [3.63, 3.8) is 0 Å². The van der Waals surface area contributed by atoms with E-state index in [0.717, 1.165) is 6.42 Å². The molecule has 1 aliphatic carbocycles. The van der Waals surface area contributed by atoms with Gasteiger partial charge in [0.25, 0.3) is 0 Å². The quantitative estimate of drug-likeness (QED) is 0.646. The van der Waals surface area contributed by atoms with E-state index >= 15 is 0 Å². The van der Waals surface area contributed by atoms with E-state index in [9.17, 15) is 4.79 Å². The maximum Gasteiger partial charge on any atom is 0.325 e. The molecular weight excluding hydrogens is 170 g/mol. The molecule has 2 atom stereocenters. The molecule has 13 heavy (non-hydrogen) atoms. The van der Waals surface area contributed by atoms with E-state index in [4.69, 9.17) is 10.5 Å². The number of methoxy groups -OCH3 is 2. The van der Waals surface area contributed by atoms with Crippen LogP contribution in [0.25, 0.3) is 0 Å². The number of ether oxygens (including phenoxy) is 2. The summed E-state index contributed by atoms with van der Waals surface area (Å²) in [4.78, 5) is 11.3. The van der Waals surface area contributed by atoms with Gasteiger partial charge in [0.05, 0.1) is 7.11 Å². The first-order valence-electron chi connectivity index (χ1n) is 4.48. The number of carbonyl (C=O) groups excluding carboxylic acids is 1. The fraction of sp³-hybridized carbons (Fsp3) is 0.889. The SMILES string of the molecule is COCC1CCC(N)(C(=O)OC)C1. The van der Waals surface area contributed by atoms with Crippen LogP contribution in [0.3, 0.4) is 0 Å². The molecule has 2 N–H and O–H groups in total. The summed E-state index contributed by atoms with van der Waals surface area (Å²) in [5, 5.41) is 0. The van der Waals surface area contributed by atoms with Gasteiger partial charge in [-0.15, -0.1) is 0 Å². The topological polar surface area (TPSA) is 61.5 Å². The van der Waals surface area contributed by atoms with Gasteiger partial charge in [0.1, 0.15) is 5.54 Å². The van der Waals surface area contributed by atoms with Crippen LogP contribution in [0.15, 0.2) is 0 Å². The zero-order valence-electron chi connectivity index (χ0n) is 8.21. The molecule has 76 valence electrons. The fourth-order valence-corrected chi connectivity index (χ4v) is 1.95. The first-order valence-corrected chi connectivity index (χ1v) is 4.48. The van der Waals surface area contributed by atoms with E-state index in [1.54, 1.807) is 7.11 Å². The van der Waals surface area contributed by atoms with E-state index in [-0.39, 0.29) is 5.97 Å². The Hall–Kier alpha value is -0.610. The molecule has 0 aromatic heterocycles. The first kappa shape index (κ1) is 10.5. The van der Waals surface area contributed by atoms with Gasteiger partial charge >= 0.3 is 5.97 Å². The molecule has 0 bridgehead atoms. The van der Waals surface area contributed by atoms with Crippen molar-refractivity contribution in [3.05, 3.63) is 0 Å². The van der Waals surface area contributed by atoms with E-state index in [2.05, 4.69) is 4.74 Å². The number of nitrogens with two attached hydrogens (primary N) is 1. The molecular formula is C9H17NO3. The number of hydrogen-bond acceptors (Lipinski definition) is 4. The first-order chi connectivity index (χ1) is 6.12. The molecule has 0 radical (unpaired) electrons. The molecule has 0 aromatic carbocycles. The highest BCUT2D eigenvalue weighted by Crippen LogP contribution is 2.33. The Morgan fingerprint density at radius 1 is 1.62 bits per heavy atom. The van der Waals surface area contributed by atoms with Crippen molar-refractivity contribution >= 4 is 5.97 Å². The Morgan fingerprint density at radius 3 is 2.85 bits per heavy atom. The monoisotopic (exact) mass is 187 g/mol. The maximum atomic E-state index is 11.3. The van der Waals surface area contributed by atoms with E-state index in [1.165, 1.54) is 7.11 Å². The van der Waals surface area contributed by atoms with Gasteiger partial charge in [0.2, 0.25) is 0 Å². The highest BCUT2D eigenvalue weighted by atomic mass is 16.5. The summed E-state index contributed by atoms with van der Waals surface area (Å²) in [5.74, 6) is 0.0974. The van der Waals surface area contributed by atoms with Gasteiger partial charge in [-0.1, -0.05) is 0 Å². The predicted molar refractivity (Wildman–Crippen MR) is 48.2 cm³/mol. The Morgan fingerprint density at radius 2 is 2.31 bits per heavy atom. The van der Waals surface area contributed by atoms with Crippen molar-refractivity contribution in [1.82, 2.24) is 0 Å². The van der Waals surface area contributed by atoms with Crippen LogP contribution in [0, 0.1) is 5.92 Å². The lowest BCUT2D eigenvalue weighted by Crippen LogP contribution is -2.46. The van der Waals surface area contributed by atoms with Crippen molar-refractivity contribution in [2.24, 2.45) is 11.7 Å². The van der Waals surface area contributed by atoms with Crippen LogP contribution in [-0.4, -0.2) is 32.3 Å². The second kappa shape index (κ2) is 4.07. The van der Waals surface area contributed by atoms with E-state index < -0.39 is 5.54 Å². The molecule has 1 fully saturated rings. The maximum absolute atomic E-state index is 11.3. The molecule has 1 rings (SSSR count). The Kier molecular flexibility index (Phi) is 3.27. The fourth-order valence-electron chi connectivity index (χ4n) is 1.95. The summed E-state index contributed by atoms with van der Waals surface area (Å²) in [6.45, 7) is 0.677. The molecule has 4 heteroatoms. The van der Waals surface area contributed by atoms with Crippen LogP contribution >= 0.6 is 0 Å². The third-order valence-corrected chi connectivity index (χ3v) is 2.65. The Bertz CT molecular complexity index is 195. The van der Waals surface area contributed by atoms with Crippen LogP contribution in [0.4, 0.5) is 0 Å². The van der Waals surface area contributed by atoms with Crippen molar-refractivity contribution < 1.29 is 14.3 Å². The molecule has 0 amide bonds. The van der Waals surface area contributed by atoms with Crippen LogP contribution < -0.4 is 5.73 Å². The largest absolute Gasteiger partial charge is 0.468 e. The summed E-state index contributed by atoms with van der Waals surface area (Å²) >= 11 is 0. The lowest BCUT2D eigenvalue weighted by atomic mass is 9.98. The van der Waals surface area contributed by atoms with Gasteiger partial charge in [-0.05, 0) is 25.2 Å². The Balaban J connectivity index is 2.50. The summed E-state index contributed by atoms with van der Waals surface area (Å²) in [7, 11) is 3.04. The van der Waals surface area contributed by atoms with Gasteiger partial charge in [-0.25, -0.2) is 0 Å². The predicted octanol–water partition coefficient (Wildman–Crippen LogP) is 0.303. The average molecular weight is 187 g/mol. The van der Waals surface area contributed by atoms with E-state index in [0.29, 0.717) is 25.4 Å².